The molecule has 0 radical (unpaired) electrons. The lowest BCUT2D eigenvalue weighted by atomic mass is 9.90. The van der Waals surface area contributed by atoms with Crippen LogP contribution >= 0.6 is 0 Å². The van der Waals surface area contributed by atoms with Gasteiger partial charge in [-0.1, -0.05) is 30.3 Å². The molecule has 0 saturated carbocycles. The van der Waals surface area contributed by atoms with E-state index in [1.807, 2.05) is 42.1 Å². The molecule has 2 aliphatic heterocycles. The second kappa shape index (κ2) is 7.59. The first kappa shape index (κ1) is 19.6. The molecule has 0 unspecified atom stereocenters. The fourth-order valence-corrected chi connectivity index (χ4v) is 5.99. The monoisotopic (exact) mass is 403 g/mol. The van der Waals surface area contributed by atoms with Crippen molar-refractivity contribution in [2.45, 2.75) is 19.5 Å². The van der Waals surface area contributed by atoms with Gasteiger partial charge in [0.05, 0.1) is 18.3 Å². The van der Waals surface area contributed by atoms with Gasteiger partial charge in [-0.3, -0.25) is 4.68 Å². The van der Waals surface area contributed by atoms with Crippen LogP contribution in [0.5, 0.6) is 0 Å². The van der Waals surface area contributed by atoms with Crippen molar-refractivity contribution in [3.63, 3.8) is 0 Å². The highest BCUT2D eigenvalue weighted by Crippen LogP contribution is 2.46. The lowest BCUT2D eigenvalue weighted by Crippen LogP contribution is -2.42. The molecule has 152 valence electrons. The van der Waals surface area contributed by atoms with Gasteiger partial charge >= 0.3 is 0 Å². The molecule has 1 aromatic heterocycles. The second-order valence-electron chi connectivity index (χ2n) is 8.12. The van der Waals surface area contributed by atoms with Gasteiger partial charge in [-0.25, -0.2) is 0 Å². The Morgan fingerprint density at radius 1 is 1.07 bits per heavy atom. The summed E-state index contributed by atoms with van der Waals surface area (Å²) in [5.41, 5.74) is 2.12. The molecule has 0 amide bonds. The number of benzene rings is 1. The molecule has 3 heterocycles. The Morgan fingerprint density at radius 2 is 1.82 bits per heavy atom. The summed E-state index contributed by atoms with van der Waals surface area (Å²) >= 11 is 0. The quantitative estimate of drug-likeness (QED) is 0.735. The predicted octanol–water partition coefficient (Wildman–Crippen LogP) is 1.60. The summed E-state index contributed by atoms with van der Waals surface area (Å²) in [4.78, 5) is 2.46. The third-order valence-corrected chi connectivity index (χ3v) is 7.91. The number of nitrogens with zero attached hydrogens (tertiary/aromatic N) is 5. The molecule has 7 nitrogen and oxygen atoms in total. The maximum absolute atomic E-state index is 13.0. The number of aromatic nitrogens is 2. The first-order valence-electron chi connectivity index (χ1n) is 9.83. The van der Waals surface area contributed by atoms with Gasteiger partial charge in [-0.2, -0.15) is 22.1 Å². The van der Waals surface area contributed by atoms with Gasteiger partial charge in [-0.05, 0) is 30.4 Å². The number of hydrogen-bond acceptors (Lipinski definition) is 4. The SMILES string of the molecule is Cc1ccn(CCN2C[C@H]3CN(S(=O)(=O)N(C)C)[C@H](c4ccccc4)[C@H]3C2)n1. The number of likely N-dealkylation sites (tertiary alicyclic amines) is 1. The van der Waals surface area contributed by atoms with Gasteiger partial charge in [0, 0.05) is 46.5 Å². The zero-order valence-electron chi connectivity index (χ0n) is 16.8. The smallest absolute Gasteiger partial charge is 0.282 e. The molecule has 0 N–H and O–H groups in total. The third-order valence-electron chi connectivity index (χ3n) is 6.02. The van der Waals surface area contributed by atoms with Crippen molar-refractivity contribution in [3.05, 3.63) is 53.9 Å². The minimum atomic E-state index is -3.45. The normalized spacial score (nSPS) is 26.2. The van der Waals surface area contributed by atoms with Crippen LogP contribution in [0.2, 0.25) is 0 Å². The van der Waals surface area contributed by atoms with Crippen molar-refractivity contribution in [2.24, 2.45) is 11.8 Å². The van der Waals surface area contributed by atoms with Gasteiger partial charge in [0.2, 0.25) is 0 Å². The van der Waals surface area contributed by atoms with Crippen molar-refractivity contribution in [1.29, 1.82) is 0 Å². The van der Waals surface area contributed by atoms with Gasteiger partial charge in [0.1, 0.15) is 0 Å². The molecule has 4 rings (SSSR count). The van der Waals surface area contributed by atoms with Crippen LogP contribution in [-0.2, 0) is 16.8 Å². The maximum atomic E-state index is 13.0. The molecule has 0 bridgehead atoms. The van der Waals surface area contributed by atoms with Crippen LogP contribution in [0.15, 0.2) is 42.6 Å². The van der Waals surface area contributed by atoms with E-state index in [1.54, 1.807) is 18.4 Å². The summed E-state index contributed by atoms with van der Waals surface area (Å²) in [6.07, 6.45) is 2.02. The Labute approximate surface area is 167 Å². The lowest BCUT2D eigenvalue weighted by Gasteiger charge is -2.31. The van der Waals surface area contributed by atoms with Gasteiger partial charge in [-0.15, -0.1) is 0 Å². The number of hydrogen-bond donors (Lipinski definition) is 0. The molecule has 1 aromatic carbocycles. The molecular formula is C20H29N5O2S. The highest BCUT2D eigenvalue weighted by molar-refractivity contribution is 7.86. The van der Waals surface area contributed by atoms with Crippen LogP contribution in [0.1, 0.15) is 17.3 Å². The Morgan fingerprint density at radius 3 is 2.46 bits per heavy atom. The van der Waals surface area contributed by atoms with Crippen molar-refractivity contribution in [3.8, 4) is 0 Å². The van der Waals surface area contributed by atoms with E-state index in [0.717, 1.165) is 37.4 Å². The molecular weight excluding hydrogens is 374 g/mol. The number of aryl methyl sites for hydroxylation is 1. The molecule has 2 aliphatic rings. The van der Waals surface area contributed by atoms with E-state index in [1.165, 1.54) is 4.31 Å². The minimum Gasteiger partial charge on any atom is -0.301 e. The van der Waals surface area contributed by atoms with E-state index in [4.69, 9.17) is 0 Å². The first-order valence-corrected chi connectivity index (χ1v) is 11.2. The zero-order chi connectivity index (χ0) is 19.9. The van der Waals surface area contributed by atoms with Crippen molar-refractivity contribution in [1.82, 2.24) is 23.3 Å². The topological polar surface area (TPSA) is 61.7 Å². The molecule has 0 spiro atoms. The highest BCUT2D eigenvalue weighted by atomic mass is 32.2. The summed E-state index contributed by atoms with van der Waals surface area (Å²) in [7, 11) is -0.222. The van der Waals surface area contributed by atoms with Gasteiger partial charge in [0.15, 0.2) is 0 Å². The van der Waals surface area contributed by atoms with Crippen molar-refractivity contribution in [2.75, 3.05) is 40.3 Å². The fraction of sp³-hybridized carbons (Fsp3) is 0.550. The maximum Gasteiger partial charge on any atom is 0.282 e. The third kappa shape index (κ3) is 3.61. The summed E-state index contributed by atoms with van der Waals surface area (Å²) in [5.74, 6) is 0.677. The summed E-state index contributed by atoms with van der Waals surface area (Å²) in [5, 5.41) is 4.47. The Hall–Kier alpha value is -1.74. The summed E-state index contributed by atoms with van der Waals surface area (Å²) in [6.45, 7) is 6.25. The summed E-state index contributed by atoms with van der Waals surface area (Å²) < 4.78 is 31.0. The molecule has 8 heteroatoms. The standard InChI is InChI=1S/C20H29N5O2S/c1-16-9-10-24(21-16)12-11-23-13-18-14-25(28(26,27)22(2)3)20(19(18)15-23)17-7-5-4-6-8-17/h4-10,18-20H,11-15H2,1-3H3/t18-,19-,20+/m0/s1. The zero-order valence-corrected chi connectivity index (χ0v) is 17.6. The Kier molecular flexibility index (Phi) is 5.30. The molecule has 2 saturated heterocycles. The molecule has 3 atom stereocenters. The Balaban J connectivity index is 1.53. The van der Waals surface area contributed by atoms with Crippen LogP contribution < -0.4 is 0 Å². The second-order valence-corrected chi connectivity index (χ2v) is 10.2. The average Bonchev–Trinajstić information content (AvgIpc) is 3.34. The first-order chi connectivity index (χ1) is 13.4. The van der Waals surface area contributed by atoms with E-state index < -0.39 is 10.2 Å². The summed E-state index contributed by atoms with van der Waals surface area (Å²) in [6, 6.07) is 12.0. The minimum absolute atomic E-state index is 0.101. The van der Waals surface area contributed by atoms with Crippen molar-refractivity contribution >= 4 is 10.2 Å². The molecule has 2 aromatic rings. The van der Waals surface area contributed by atoms with Crippen molar-refractivity contribution < 1.29 is 8.42 Å². The predicted molar refractivity (Wildman–Crippen MR) is 109 cm³/mol. The molecule has 28 heavy (non-hydrogen) atoms. The van der Waals surface area contributed by atoms with Gasteiger partial charge < -0.3 is 4.90 Å². The van der Waals surface area contributed by atoms with Crippen LogP contribution in [0.3, 0.4) is 0 Å². The van der Waals surface area contributed by atoms with E-state index in [-0.39, 0.29) is 6.04 Å². The van der Waals surface area contributed by atoms with Gasteiger partial charge in [0.25, 0.3) is 10.2 Å². The van der Waals surface area contributed by atoms with Crippen LogP contribution in [0.4, 0.5) is 0 Å². The average molecular weight is 404 g/mol. The number of rotatable bonds is 6. The van der Waals surface area contributed by atoms with E-state index in [0.29, 0.717) is 18.4 Å². The fourth-order valence-electron chi connectivity index (χ4n) is 4.62. The highest BCUT2D eigenvalue weighted by Gasteiger charge is 2.51. The van der Waals surface area contributed by atoms with E-state index in [9.17, 15) is 8.42 Å². The van der Waals surface area contributed by atoms with E-state index >= 15 is 0 Å². The Bertz CT molecular complexity index is 912. The van der Waals surface area contributed by atoms with Crippen LogP contribution in [0.25, 0.3) is 0 Å². The van der Waals surface area contributed by atoms with E-state index in [2.05, 4.69) is 22.1 Å². The molecule has 0 aliphatic carbocycles. The largest absolute Gasteiger partial charge is 0.301 e. The molecule has 2 fully saturated rings. The number of fused-ring (bicyclic) bond motifs is 1. The van der Waals surface area contributed by atoms with Crippen LogP contribution in [-0.4, -0.2) is 72.0 Å². The lowest BCUT2D eigenvalue weighted by molar-refractivity contribution is 0.250. The van der Waals surface area contributed by atoms with Crippen LogP contribution in [0, 0.1) is 18.8 Å².